The molecule has 2 aliphatic heterocycles. The van der Waals surface area contributed by atoms with Gasteiger partial charge in [0.1, 0.15) is 29.7 Å². The van der Waals surface area contributed by atoms with Gasteiger partial charge < -0.3 is 56.3 Å². The number of ether oxygens (including phenoxy) is 1. The van der Waals surface area contributed by atoms with Crippen molar-refractivity contribution in [3.05, 3.63) is 81.7 Å². The highest BCUT2D eigenvalue weighted by Gasteiger charge is 2.43. The van der Waals surface area contributed by atoms with Crippen molar-refractivity contribution in [3.63, 3.8) is 0 Å². The lowest BCUT2D eigenvalue weighted by atomic mass is 9.95. The predicted octanol–water partition coefficient (Wildman–Crippen LogP) is 3.52. The first-order valence-electron chi connectivity index (χ1n) is 25.4. The van der Waals surface area contributed by atoms with Crippen molar-refractivity contribution in [1.29, 1.82) is 0 Å². The number of carbonyl (C=O) groups is 8. The van der Waals surface area contributed by atoms with Crippen LogP contribution in [0.5, 0.6) is 0 Å². The van der Waals surface area contributed by atoms with Gasteiger partial charge in [0.05, 0.1) is 23.4 Å². The fourth-order valence-corrected chi connectivity index (χ4v) is 8.98. The summed E-state index contributed by atoms with van der Waals surface area (Å²) in [5.74, 6) is -5.54. The van der Waals surface area contributed by atoms with E-state index in [-0.39, 0.29) is 106 Å². The predicted molar refractivity (Wildman–Crippen MR) is 274 cm³/mol. The van der Waals surface area contributed by atoms with Gasteiger partial charge in [-0.25, -0.2) is 23.5 Å². The molecule has 6 rings (SSSR count). The van der Waals surface area contributed by atoms with Crippen LogP contribution in [0.2, 0.25) is 0 Å². The Balaban J connectivity index is 1.03. The number of aromatic nitrogens is 4. The van der Waals surface area contributed by atoms with Crippen LogP contribution in [0, 0.1) is 17.7 Å². The number of amides is 8. The zero-order valence-electron chi connectivity index (χ0n) is 43.3. The molecule has 2 aromatic carbocycles. The molecule has 2 aromatic heterocycles. The number of piperazine rings is 1. The minimum Gasteiger partial charge on any atom is -0.477 e. The highest BCUT2D eigenvalue weighted by Crippen LogP contribution is 2.28. The van der Waals surface area contributed by atoms with Crippen LogP contribution in [0.3, 0.4) is 0 Å². The fourth-order valence-electron chi connectivity index (χ4n) is 8.98. The Morgan fingerprint density at radius 3 is 2.21 bits per heavy atom. The second kappa shape index (κ2) is 25.5. The number of hydrogen-bond acceptors (Lipinski definition) is 14. The average molecular weight is 1060 g/mol. The van der Waals surface area contributed by atoms with Crippen molar-refractivity contribution in [2.75, 3.05) is 49.5 Å². The molecule has 0 unspecified atom stereocenters. The topological polar surface area (TPSA) is 323 Å². The smallest absolute Gasteiger partial charge is 0.410 e. The Kier molecular flexibility index (Phi) is 19.2. The van der Waals surface area contributed by atoms with Gasteiger partial charge in [-0.1, -0.05) is 51.5 Å². The molecular formula is C51H67FN12O12. The van der Waals surface area contributed by atoms with Gasteiger partial charge in [0.2, 0.25) is 34.8 Å². The number of anilines is 2. The number of unbranched alkanes of at least 4 members (excludes halogenated alkanes) is 2. The summed E-state index contributed by atoms with van der Waals surface area (Å²) in [6, 6.07) is 6.59. The van der Waals surface area contributed by atoms with Gasteiger partial charge in [0.15, 0.2) is 0 Å². The lowest BCUT2D eigenvalue weighted by molar-refractivity contribution is -0.156. The Hall–Kier alpha value is -7.96. The van der Waals surface area contributed by atoms with Crippen LogP contribution in [0.1, 0.15) is 120 Å². The largest absolute Gasteiger partial charge is 0.477 e. The number of hydrogen-bond donors (Lipinski definition) is 7. The fraction of sp³-hybridized carbons (Fsp3) is 0.510. The molecule has 0 saturated carbocycles. The SMILES string of the molecule is CCn1cc(C(=O)O)c(=O)c2cc(F)c(N3CCN(C(=O)OCc4ccc(NC(=O)[C@H](CCCNC(N)=O)n5cc([C@@H](NC(=O)[C@](O)(NC(=O)CCCCCN6C(=O)CCC6=O)C(C)C)C(C)C)nn5)cc4)CC3)cc21. The van der Waals surface area contributed by atoms with Crippen LogP contribution in [0.25, 0.3) is 10.9 Å². The Labute approximate surface area is 437 Å². The van der Waals surface area contributed by atoms with Crippen molar-refractivity contribution in [1.82, 2.24) is 45.3 Å². The number of aromatic carboxylic acids is 1. The number of primary amides is 1. The van der Waals surface area contributed by atoms with E-state index in [4.69, 9.17) is 10.5 Å². The molecule has 2 aliphatic rings. The maximum Gasteiger partial charge on any atom is 0.410 e. The van der Waals surface area contributed by atoms with E-state index >= 15 is 4.39 Å². The summed E-state index contributed by atoms with van der Waals surface area (Å²) < 4.78 is 23.9. The van der Waals surface area contributed by atoms with Crippen LogP contribution in [0.15, 0.2) is 53.6 Å². The summed E-state index contributed by atoms with van der Waals surface area (Å²) in [4.78, 5) is 118. The first kappa shape index (κ1) is 57.3. The first-order valence-corrected chi connectivity index (χ1v) is 25.4. The van der Waals surface area contributed by atoms with Gasteiger partial charge in [-0.15, -0.1) is 5.10 Å². The molecule has 0 spiro atoms. The molecule has 0 aliphatic carbocycles. The van der Waals surface area contributed by atoms with E-state index in [1.807, 2.05) is 0 Å². The Morgan fingerprint density at radius 2 is 1.59 bits per heavy atom. The van der Waals surface area contributed by atoms with Crippen LogP contribution in [-0.2, 0) is 41.9 Å². The van der Waals surface area contributed by atoms with Gasteiger partial charge in [0.25, 0.3) is 5.91 Å². The number of nitrogens with zero attached hydrogens (tertiary/aromatic N) is 7. The van der Waals surface area contributed by atoms with Crippen molar-refractivity contribution in [3.8, 4) is 0 Å². The van der Waals surface area contributed by atoms with Gasteiger partial charge in [0, 0.05) is 88.3 Å². The summed E-state index contributed by atoms with van der Waals surface area (Å²) in [7, 11) is 0. The molecule has 2 saturated heterocycles. The van der Waals surface area contributed by atoms with E-state index in [0.717, 1.165) is 6.07 Å². The molecule has 410 valence electrons. The number of nitrogens with one attached hydrogen (secondary N) is 4. The molecule has 8 N–H and O–H groups in total. The molecule has 4 aromatic rings. The number of carbonyl (C=O) groups excluding carboxylic acids is 7. The average Bonchev–Trinajstić information content (AvgIpc) is 4.01. The van der Waals surface area contributed by atoms with Crippen LogP contribution < -0.4 is 37.3 Å². The zero-order valence-corrected chi connectivity index (χ0v) is 43.3. The standard InChI is InChI=1S/C51H67FN12O12/c1-6-60-27-35(47(70)71)45(68)34-25-36(52)40(26-39(34)60)61-21-23-62(24-22-61)50(74)76-29-32-13-15-33(16-14-32)55-46(69)38(11-10-19-54-49(53)73)64-28-37(58-59-64)44(30(2)3)56-48(72)51(75,31(4)5)57-41(65)12-8-7-9-20-63-42(66)17-18-43(63)67/h13-16,25-28,30-31,38,44,75H,6-12,17-24,29H2,1-5H3,(H,55,69)(H,56,72)(H,57,65)(H,70,71)(H3,53,54,73)/t38-,44-,51-/m0/s1. The number of fused-ring (bicyclic) bond motifs is 1. The van der Waals surface area contributed by atoms with Crippen molar-refractivity contribution in [2.45, 2.75) is 117 Å². The molecular weight excluding hydrogens is 992 g/mol. The number of nitrogens with two attached hydrogens (primary N) is 1. The normalized spacial score (nSPS) is 15.4. The number of likely N-dealkylation sites (tertiary alicyclic amines) is 1. The quantitative estimate of drug-likeness (QED) is 0.0300. The molecule has 8 amide bonds. The lowest BCUT2D eigenvalue weighted by Crippen LogP contribution is -2.62. The molecule has 0 bridgehead atoms. The van der Waals surface area contributed by atoms with E-state index in [1.165, 1.54) is 32.9 Å². The first-order chi connectivity index (χ1) is 36.1. The van der Waals surface area contributed by atoms with Crippen molar-refractivity contribution in [2.24, 2.45) is 17.6 Å². The summed E-state index contributed by atoms with van der Waals surface area (Å²) in [5.41, 5.74) is 3.59. The van der Waals surface area contributed by atoms with E-state index in [0.29, 0.717) is 49.0 Å². The number of carboxylic acid groups (broad SMARTS) is 1. The summed E-state index contributed by atoms with van der Waals surface area (Å²) in [6.07, 6.45) is 4.45. The molecule has 4 heterocycles. The second-order valence-corrected chi connectivity index (χ2v) is 19.5. The third-order valence-corrected chi connectivity index (χ3v) is 13.5. The molecule has 3 atom stereocenters. The number of pyridine rings is 1. The highest BCUT2D eigenvalue weighted by molar-refractivity contribution is 6.02. The molecule has 2 fully saturated rings. The van der Waals surface area contributed by atoms with Gasteiger partial charge in [-0.2, -0.15) is 0 Å². The summed E-state index contributed by atoms with van der Waals surface area (Å²) in [6.45, 7) is 10.1. The molecule has 76 heavy (non-hydrogen) atoms. The van der Waals surface area contributed by atoms with E-state index in [2.05, 4.69) is 31.6 Å². The highest BCUT2D eigenvalue weighted by atomic mass is 19.1. The lowest BCUT2D eigenvalue weighted by Gasteiger charge is -2.35. The monoisotopic (exact) mass is 1060 g/mol. The third-order valence-electron chi connectivity index (χ3n) is 13.5. The van der Waals surface area contributed by atoms with E-state index in [1.54, 1.807) is 68.4 Å². The van der Waals surface area contributed by atoms with E-state index in [9.17, 15) is 53.4 Å². The number of rotatable bonds is 24. The molecule has 0 radical (unpaired) electrons. The van der Waals surface area contributed by atoms with E-state index < -0.39 is 76.4 Å². The number of benzene rings is 2. The number of carboxylic acids is 1. The Bertz CT molecular complexity index is 2850. The third kappa shape index (κ3) is 14.0. The number of imide groups is 1. The number of halogens is 1. The molecule has 25 heteroatoms. The zero-order chi connectivity index (χ0) is 55.4. The minimum atomic E-state index is -2.31. The maximum absolute atomic E-state index is 15.4. The van der Waals surface area contributed by atoms with Crippen molar-refractivity contribution >= 4 is 69.9 Å². The van der Waals surface area contributed by atoms with Gasteiger partial charge >= 0.3 is 18.1 Å². The summed E-state index contributed by atoms with van der Waals surface area (Å²) >= 11 is 0. The number of urea groups is 1. The number of aliphatic hydroxyl groups is 1. The van der Waals surface area contributed by atoms with Gasteiger partial charge in [-0.3, -0.25) is 33.7 Å². The van der Waals surface area contributed by atoms with Gasteiger partial charge in [-0.05, 0) is 68.4 Å². The maximum atomic E-state index is 15.4. The molecule has 24 nitrogen and oxygen atoms in total. The van der Waals surface area contributed by atoms with Crippen molar-refractivity contribution < 1.29 is 57.7 Å². The minimum absolute atomic E-state index is 0.0135. The van der Waals surface area contributed by atoms with Crippen LogP contribution in [0.4, 0.5) is 25.4 Å². The van der Waals surface area contributed by atoms with Crippen LogP contribution in [-0.4, -0.2) is 132 Å². The summed E-state index contributed by atoms with van der Waals surface area (Å²) in [5, 5.41) is 40.2. The number of aryl methyl sites for hydroxylation is 1. The Morgan fingerprint density at radius 1 is 0.908 bits per heavy atom. The van der Waals surface area contributed by atoms with Crippen LogP contribution >= 0.6 is 0 Å². The second-order valence-electron chi connectivity index (χ2n) is 19.5.